The predicted octanol–water partition coefficient (Wildman–Crippen LogP) is 1.33. The van der Waals surface area contributed by atoms with Gasteiger partial charge in [0.25, 0.3) is 0 Å². The summed E-state index contributed by atoms with van der Waals surface area (Å²) in [4.78, 5) is 25.8. The first-order valence-corrected chi connectivity index (χ1v) is 9.16. The van der Waals surface area contributed by atoms with Crippen LogP contribution in [0.2, 0.25) is 0 Å². The number of likely N-dealkylation sites (N-methyl/N-ethyl adjacent to an activating group) is 1. The molecule has 0 spiro atoms. The van der Waals surface area contributed by atoms with Crippen molar-refractivity contribution in [2.75, 3.05) is 44.3 Å². The van der Waals surface area contributed by atoms with Crippen LogP contribution in [0.4, 0.5) is 5.82 Å². The quantitative estimate of drug-likeness (QED) is 0.760. The van der Waals surface area contributed by atoms with E-state index in [-0.39, 0.29) is 18.1 Å². The van der Waals surface area contributed by atoms with Crippen LogP contribution in [0, 0.1) is 13.8 Å². The Hall–Kier alpha value is -1.73. The monoisotopic (exact) mass is 348 g/mol. The summed E-state index contributed by atoms with van der Waals surface area (Å²) in [6.07, 6.45) is 1.78. The number of rotatable bonds is 4. The smallest absolute Gasteiger partial charge is 0.326 e. The summed E-state index contributed by atoms with van der Waals surface area (Å²) in [5.74, 6) is 1.53. The van der Waals surface area contributed by atoms with E-state index in [1.165, 1.54) is 0 Å². The number of ether oxygens (including phenoxy) is 2. The standard InChI is InChI=1S/C18H28N4O3/c1-4-21-8-9-24-12-16(21)18(23)25-15-6-5-7-22(11-15)17-10-13(2)19-14(3)20-17/h10,15-16H,4-9,11-12H2,1-3H3/t15-,16-/m1/s1. The van der Waals surface area contributed by atoms with Gasteiger partial charge in [-0.25, -0.2) is 9.97 Å². The fourth-order valence-corrected chi connectivity index (χ4v) is 3.58. The SMILES string of the molecule is CCN1CCOC[C@@H]1C(=O)O[C@@H]1CCCN(c2cc(C)nc(C)n2)C1. The number of esters is 1. The Balaban J connectivity index is 1.62. The van der Waals surface area contributed by atoms with Crippen LogP contribution in [-0.2, 0) is 14.3 Å². The number of carbonyl (C=O) groups is 1. The van der Waals surface area contributed by atoms with Gasteiger partial charge in [0.05, 0.1) is 19.8 Å². The molecular formula is C18H28N4O3. The largest absolute Gasteiger partial charge is 0.459 e. The van der Waals surface area contributed by atoms with Gasteiger partial charge in [-0.05, 0) is 33.2 Å². The molecule has 0 unspecified atom stereocenters. The van der Waals surface area contributed by atoms with E-state index in [4.69, 9.17) is 9.47 Å². The normalized spacial score (nSPS) is 25.0. The number of anilines is 1. The van der Waals surface area contributed by atoms with Crippen molar-refractivity contribution in [3.63, 3.8) is 0 Å². The zero-order valence-corrected chi connectivity index (χ0v) is 15.4. The Kier molecular flexibility index (Phi) is 5.86. The van der Waals surface area contributed by atoms with Crippen molar-refractivity contribution >= 4 is 11.8 Å². The molecule has 3 rings (SSSR count). The minimum Gasteiger partial charge on any atom is -0.459 e. The molecule has 25 heavy (non-hydrogen) atoms. The summed E-state index contributed by atoms with van der Waals surface area (Å²) < 4.78 is 11.3. The third-order valence-electron chi connectivity index (χ3n) is 4.86. The highest BCUT2D eigenvalue weighted by Gasteiger charge is 2.32. The summed E-state index contributed by atoms with van der Waals surface area (Å²) in [5, 5.41) is 0. The second-order valence-electron chi connectivity index (χ2n) is 6.78. The van der Waals surface area contributed by atoms with Gasteiger partial charge in [-0.15, -0.1) is 0 Å². The lowest BCUT2D eigenvalue weighted by molar-refractivity contribution is -0.161. The maximum absolute atomic E-state index is 12.6. The molecule has 0 amide bonds. The molecule has 2 atom stereocenters. The van der Waals surface area contributed by atoms with Crippen molar-refractivity contribution in [2.45, 2.75) is 45.8 Å². The zero-order chi connectivity index (χ0) is 17.8. The van der Waals surface area contributed by atoms with E-state index >= 15 is 0 Å². The summed E-state index contributed by atoms with van der Waals surface area (Å²) in [6, 6.07) is 1.71. The van der Waals surface area contributed by atoms with Gasteiger partial charge in [0.2, 0.25) is 0 Å². The van der Waals surface area contributed by atoms with Crippen LogP contribution in [-0.4, -0.2) is 72.4 Å². The Morgan fingerprint density at radius 2 is 2.20 bits per heavy atom. The summed E-state index contributed by atoms with van der Waals surface area (Å²) in [6.45, 7) is 10.3. The lowest BCUT2D eigenvalue weighted by Crippen LogP contribution is -2.52. The van der Waals surface area contributed by atoms with Gasteiger partial charge >= 0.3 is 5.97 Å². The van der Waals surface area contributed by atoms with Gasteiger partial charge in [-0.2, -0.15) is 0 Å². The third kappa shape index (κ3) is 4.46. The molecule has 7 nitrogen and oxygen atoms in total. The second kappa shape index (κ2) is 8.10. The number of morpholine rings is 1. The van der Waals surface area contributed by atoms with Gasteiger partial charge in [-0.1, -0.05) is 6.92 Å². The lowest BCUT2D eigenvalue weighted by Gasteiger charge is -2.36. The van der Waals surface area contributed by atoms with Crippen molar-refractivity contribution in [3.05, 3.63) is 17.6 Å². The molecule has 0 bridgehead atoms. The molecule has 0 saturated carbocycles. The van der Waals surface area contributed by atoms with Crippen molar-refractivity contribution in [1.29, 1.82) is 0 Å². The van der Waals surface area contributed by atoms with Crippen LogP contribution in [0.15, 0.2) is 6.07 Å². The molecular weight excluding hydrogens is 320 g/mol. The third-order valence-corrected chi connectivity index (χ3v) is 4.86. The number of hydrogen-bond donors (Lipinski definition) is 0. The Labute approximate surface area is 149 Å². The summed E-state index contributed by atoms with van der Waals surface area (Å²) >= 11 is 0. The number of piperidine rings is 1. The molecule has 2 aliphatic heterocycles. The van der Waals surface area contributed by atoms with Crippen LogP contribution in [0.25, 0.3) is 0 Å². The lowest BCUT2D eigenvalue weighted by atomic mass is 10.1. The fourth-order valence-electron chi connectivity index (χ4n) is 3.58. The molecule has 2 aliphatic rings. The molecule has 0 aromatic carbocycles. The highest BCUT2D eigenvalue weighted by Crippen LogP contribution is 2.21. The first-order valence-electron chi connectivity index (χ1n) is 9.16. The van der Waals surface area contributed by atoms with Crippen LogP contribution in [0.3, 0.4) is 0 Å². The minimum absolute atomic E-state index is 0.0996. The minimum atomic E-state index is -0.280. The van der Waals surface area contributed by atoms with E-state index in [1.807, 2.05) is 19.9 Å². The van der Waals surface area contributed by atoms with E-state index in [0.717, 1.165) is 49.8 Å². The maximum atomic E-state index is 12.6. The summed E-state index contributed by atoms with van der Waals surface area (Å²) in [7, 11) is 0. The van der Waals surface area contributed by atoms with E-state index in [2.05, 4.69) is 26.7 Å². The molecule has 0 radical (unpaired) electrons. The highest BCUT2D eigenvalue weighted by molar-refractivity contribution is 5.76. The number of carbonyl (C=O) groups excluding carboxylic acids is 1. The molecule has 2 fully saturated rings. The van der Waals surface area contributed by atoms with Gasteiger partial charge in [-0.3, -0.25) is 9.69 Å². The van der Waals surface area contributed by atoms with Crippen molar-refractivity contribution in [1.82, 2.24) is 14.9 Å². The van der Waals surface area contributed by atoms with E-state index < -0.39 is 0 Å². The number of nitrogens with zero attached hydrogens (tertiary/aromatic N) is 4. The van der Waals surface area contributed by atoms with Gasteiger partial charge < -0.3 is 14.4 Å². The first-order chi connectivity index (χ1) is 12.1. The zero-order valence-electron chi connectivity index (χ0n) is 15.4. The number of hydrogen-bond acceptors (Lipinski definition) is 7. The average Bonchev–Trinajstić information content (AvgIpc) is 2.61. The molecule has 0 aliphatic carbocycles. The van der Waals surface area contributed by atoms with E-state index in [9.17, 15) is 4.79 Å². The predicted molar refractivity (Wildman–Crippen MR) is 94.7 cm³/mol. The van der Waals surface area contributed by atoms with Crippen LogP contribution < -0.4 is 4.90 Å². The first kappa shape index (κ1) is 18.1. The topological polar surface area (TPSA) is 67.8 Å². The second-order valence-corrected chi connectivity index (χ2v) is 6.78. The Morgan fingerprint density at radius 3 is 2.96 bits per heavy atom. The number of aryl methyl sites for hydroxylation is 2. The fraction of sp³-hybridized carbons (Fsp3) is 0.722. The Bertz CT molecular complexity index is 590. The van der Waals surface area contributed by atoms with Crippen LogP contribution in [0.5, 0.6) is 0 Å². The maximum Gasteiger partial charge on any atom is 0.326 e. The van der Waals surface area contributed by atoms with Gasteiger partial charge in [0.1, 0.15) is 23.8 Å². The Morgan fingerprint density at radius 1 is 1.36 bits per heavy atom. The van der Waals surface area contributed by atoms with Crippen LogP contribution in [0.1, 0.15) is 31.3 Å². The van der Waals surface area contributed by atoms with E-state index in [1.54, 1.807) is 0 Å². The molecule has 138 valence electrons. The molecule has 1 aromatic heterocycles. The van der Waals surface area contributed by atoms with Crippen molar-refractivity contribution < 1.29 is 14.3 Å². The molecule has 2 saturated heterocycles. The van der Waals surface area contributed by atoms with Gasteiger partial charge in [0, 0.05) is 24.8 Å². The van der Waals surface area contributed by atoms with Crippen molar-refractivity contribution in [2.24, 2.45) is 0 Å². The molecule has 3 heterocycles. The highest BCUT2D eigenvalue weighted by atomic mass is 16.6. The average molecular weight is 348 g/mol. The van der Waals surface area contributed by atoms with Crippen molar-refractivity contribution in [3.8, 4) is 0 Å². The molecule has 1 aromatic rings. The summed E-state index contributed by atoms with van der Waals surface area (Å²) in [5.41, 5.74) is 0.958. The van der Waals surface area contributed by atoms with Gasteiger partial charge in [0.15, 0.2) is 0 Å². The molecule has 0 N–H and O–H groups in total. The van der Waals surface area contributed by atoms with Crippen LogP contribution >= 0.6 is 0 Å². The molecule has 7 heteroatoms. The number of aromatic nitrogens is 2. The van der Waals surface area contributed by atoms with E-state index in [0.29, 0.717) is 19.8 Å².